The number of phenolic OH excluding ortho intramolecular Hbond substituents is 1. The van der Waals surface area contributed by atoms with Gasteiger partial charge in [-0.1, -0.05) is 27.2 Å². The topological polar surface area (TPSA) is 135 Å². The van der Waals surface area contributed by atoms with Gasteiger partial charge in [-0.2, -0.15) is 0 Å². The molecule has 11 heteroatoms. The summed E-state index contributed by atoms with van der Waals surface area (Å²) < 4.78 is 0.117. The third kappa shape index (κ3) is 11.1. The van der Waals surface area contributed by atoms with E-state index in [1.165, 1.54) is 44.8 Å². The van der Waals surface area contributed by atoms with Gasteiger partial charge in [-0.25, -0.2) is 0 Å². The number of rotatable bonds is 16. The monoisotopic (exact) mass is 722 g/mol. The van der Waals surface area contributed by atoms with Crippen LogP contribution in [0.4, 0.5) is 0 Å². The smallest absolute Gasteiger partial charge is 0.253 e. The summed E-state index contributed by atoms with van der Waals surface area (Å²) in [5.74, 6) is 0.260. The number of fused-ring (bicyclic) bond motifs is 1. The lowest BCUT2D eigenvalue weighted by atomic mass is 9.81. The molecule has 2 atom stereocenters. The summed E-state index contributed by atoms with van der Waals surface area (Å²) in [6.45, 7) is 16.9. The Morgan fingerprint density at radius 2 is 1.63 bits per heavy atom. The van der Waals surface area contributed by atoms with Gasteiger partial charge >= 0.3 is 0 Å². The van der Waals surface area contributed by atoms with Crippen molar-refractivity contribution in [2.24, 2.45) is 17.3 Å². The number of unbranched alkanes of at least 4 members (excludes halogenated alkanes) is 2. The van der Waals surface area contributed by atoms with Crippen LogP contribution < -0.4 is 10.6 Å². The minimum atomic E-state index is -0.238. The summed E-state index contributed by atoms with van der Waals surface area (Å²) in [5, 5.41) is 19.5. The van der Waals surface area contributed by atoms with Gasteiger partial charge in [0.25, 0.3) is 11.8 Å². The Labute approximate surface area is 307 Å². The number of imide groups is 1. The van der Waals surface area contributed by atoms with Crippen molar-refractivity contribution in [3.8, 4) is 5.75 Å². The zero-order chi connectivity index (χ0) is 36.9. The largest absolute Gasteiger partial charge is 0.508 e. The molecular formula is C40H60N5O5S+. The van der Waals surface area contributed by atoms with Gasteiger partial charge in [-0.15, -0.1) is 0 Å². The fourth-order valence-electron chi connectivity index (χ4n) is 7.43. The van der Waals surface area contributed by atoms with Crippen molar-refractivity contribution in [1.29, 1.82) is 0 Å². The molecule has 1 aromatic heterocycles. The minimum Gasteiger partial charge on any atom is -0.508 e. The number of hydrogen-bond acceptors (Lipinski definition) is 6. The summed E-state index contributed by atoms with van der Waals surface area (Å²) in [5.41, 5.74) is 3.50. The minimum absolute atomic E-state index is 0.0114. The molecule has 1 saturated heterocycles. The second-order valence-electron chi connectivity index (χ2n) is 17.1. The number of H-pyrrole nitrogens is 1. The SMILES string of the molecule is CC(C)(C)Cc1c([SH+]C(C)(C)C)[nH]c2c(CN3CC3CCNC(=O)CCCCCNC(=O)C3CCC(CN4C(=O)C=CC4=O)CC3)c(O)ccc12. The molecule has 1 aliphatic carbocycles. The molecule has 1 aromatic carbocycles. The van der Waals surface area contributed by atoms with E-state index in [-0.39, 0.29) is 45.6 Å². The molecule has 2 unspecified atom stereocenters. The van der Waals surface area contributed by atoms with Crippen molar-refractivity contribution in [1.82, 2.24) is 25.4 Å². The van der Waals surface area contributed by atoms with E-state index in [4.69, 9.17) is 0 Å². The number of carbonyl (C=O) groups excluding carboxylic acids is 4. The molecule has 280 valence electrons. The maximum atomic E-state index is 12.7. The summed E-state index contributed by atoms with van der Waals surface area (Å²) >= 11 is 1.25. The number of nitrogens with one attached hydrogen (secondary N) is 3. The normalized spacial score (nSPS) is 22.2. The first-order valence-corrected chi connectivity index (χ1v) is 19.9. The summed E-state index contributed by atoms with van der Waals surface area (Å²) in [7, 11) is 0. The second-order valence-corrected chi connectivity index (χ2v) is 19.1. The molecule has 4 N–H and O–H groups in total. The molecule has 3 aliphatic rings. The molecule has 1 saturated carbocycles. The molecule has 3 heterocycles. The van der Waals surface area contributed by atoms with Crippen LogP contribution in [0.5, 0.6) is 5.75 Å². The zero-order valence-electron chi connectivity index (χ0n) is 31.6. The lowest BCUT2D eigenvalue weighted by molar-refractivity contribution is -0.138. The average Bonchev–Trinajstić information content (AvgIpc) is 3.61. The van der Waals surface area contributed by atoms with Gasteiger partial charge in [0, 0.05) is 91.5 Å². The van der Waals surface area contributed by atoms with Crippen LogP contribution in [0.15, 0.2) is 29.3 Å². The highest BCUT2D eigenvalue weighted by Gasteiger charge is 2.36. The molecule has 2 aromatic rings. The maximum Gasteiger partial charge on any atom is 0.253 e. The Morgan fingerprint density at radius 3 is 2.29 bits per heavy atom. The van der Waals surface area contributed by atoms with Crippen LogP contribution in [-0.4, -0.2) is 80.5 Å². The van der Waals surface area contributed by atoms with E-state index in [9.17, 15) is 24.3 Å². The number of amides is 4. The number of aromatic nitrogens is 1. The predicted octanol–water partition coefficient (Wildman–Crippen LogP) is 5.53. The van der Waals surface area contributed by atoms with Gasteiger partial charge in [0.05, 0.1) is 5.52 Å². The van der Waals surface area contributed by atoms with Gasteiger partial charge in [0.15, 0.2) is 0 Å². The standard InChI is InChI=1S/C40H59N5O5S/c1-39(2,3)22-30-29-15-16-32(46)31(36(29)43-38(30)51-40(4,5)6)25-44-24-28(44)19-21-41-33(47)10-8-7-9-20-42-37(50)27-13-11-26(12-14-27)23-45-34(48)17-18-35(45)49/h15-18,26-28,43,46H,7-14,19-25H2,1-6H3,(H,41,47)(H,42,50)/p+1. The predicted molar refractivity (Wildman–Crippen MR) is 205 cm³/mol. The van der Waals surface area contributed by atoms with Crippen LogP contribution in [-0.2, 0) is 43.9 Å². The van der Waals surface area contributed by atoms with E-state index < -0.39 is 0 Å². The van der Waals surface area contributed by atoms with Gasteiger partial charge in [0.1, 0.15) is 10.5 Å². The molecule has 0 spiro atoms. The van der Waals surface area contributed by atoms with Gasteiger partial charge in [-0.3, -0.25) is 29.0 Å². The van der Waals surface area contributed by atoms with E-state index in [2.05, 4.69) is 68.1 Å². The van der Waals surface area contributed by atoms with Crippen molar-refractivity contribution in [2.75, 3.05) is 26.2 Å². The van der Waals surface area contributed by atoms with Crippen LogP contribution in [0.3, 0.4) is 0 Å². The van der Waals surface area contributed by atoms with E-state index in [1.807, 2.05) is 6.07 Å². The lowest BCUT2D eigenvalue weighted by Crippen LogP contribution is -2.38. The third-order valence-corrected chi connectivity index (χ3v) is 11.5. The number of phenols is 1. The van der Waals surface area contributed by atoms with Gasteiger partial charge in [-0.05, 0) is 95.6 Å². The fourth-order valence-corrected chi connectivity index (χ4v) is 8.61. The Bertz CT molecular complexity index is 1590. The number of aromatic amines is 1. The average molecular weight is 723 g/mol. The number of thiol groups is 1. The summed E-state index contributed by atoms with van der Waals surface area (Å²) in [6.07, 6.45) is 10.7. The molecule has 2 aliphatic heterocycles. The summed E-state index contributed by atoms with van der Waals surface area (Å²) in [4.78, 5) is 56.2. The molecule has 2 fully saturated rings. The molecule has 5 rings (SSSR count). The Morgan fingerprint density at radius 1 is 0.922 bits per heavy atom. The zero-order valence-corrected chi connectivity index (χ0v) is 32.5. The second kappa shape index (κ2) is 16.6. The highest BCUT2D eigenvalue weighted by Crippen LogP contribution is 2.38. The van der Waals surface area contributed by atoms with Gasteiger partial charge in [0.2, 0.25) is 16.8 Å². The van der Waals surface area contributed by atoms with Crippen molar-refractivity contribution in [2.45, 2.75) is 128 Å². The van der Waals surface area contributed by atoms with E-state index in [1.54, 1.807) is 0 Å². The van der Waals surface area contributed by atoms with Crippen molar-refractivity contribution in [3.05, 3.63) is 35.4 Å². The molecule has 10 nitrogen and oxygen atoms in total. The first kappa shape index (κ1) is 38.9. The third-order valence-electron chi connectivity index (χ3n) is 10.2. The van der Waals surface area contributed by atoms with Crippen LogP contribution in [0.25, 0.3) is 10.9 Å². The molecule has 4 amide bonds. The molecule has 51 heavy (non-hydrogen) atoms. The number of hydrogen-bond donors (Lipinski definition) is 4. The molecular weight excluding hydrogens is 663 g/mol. The Kier molecular flexibility index (Phi) is 12.6. The van der Waals surface area contributed by atoms with Crippen LogP contribution >= 0.6 is 0 Å². The highest BCUT2D eigenvalue weighted by molar-refractivity contribution is 7.80. The van der Waals surface area contributed by atoms with Crippen molar-refractivity contribution >= 4 is 46.3 Å². The number of aromatic hydroxyl groups is 1. The lowest BCUT2D eigenvalue weighted by Gasteiger charge is -2.30. The Hall–Kier alpha value is -3.31. The van der Waals surface area contributed by atoms with Crippen LogP contribution in [0.1, 0.15) is 110 Å². The first-order chi connectivity index (χ1) is 24.1. The number of benzene rings is 1. The van der Waals surface area contributed by atoms with E-state index in [0.29, 0.717) is 44.4 Å². The number of carbonyl (C=O) groups is 4. The van der Waals surface area contributed by atoms with E-state index in [0.717, 1.165) is 75.4 Å². The fraction of sp³-hybridized carbons (Fsp3) is 0.650. The van der Waals surface area contributed by atoms with Crippen molar-refractivity contribution in [3.63, 3.8) is 0 Å². The van der Waals surface area contributed by atoms with Crippen LogP contribution in [0, 0.1) is 17.3 Å². The van der Waals surface area contributed by atoms with Crippen molar-refractivity contribution < 1.29 is 24.3 Å². The molecule has 0 bridgehead atoms. The van der Waals surface area contributed by atoms with Gasteiger partial charge < -0.3 is 20.7 Å². The molecule has 0 radical (unpaired) electrons. The highest BCUT2D eigenvalue weighted by atomic mass is 32.2. The first-order valence-electron chi connectivity index (χ1n) is 19.0. The van der Waals surface area contributed by atoms with E-state index >= 15 is 0 Å². The maximum absolute atomic E-state index is 12.7. The van der Waals surface area contributed by atoms with Crippen LogP contribution in [0.2, 0.25) is 0 Å². The Balaban J connectivity index is 0.955. The number of nitrogens with zero attached hydrogens (tertiary/aromatic N) is 2. The summed E-state index contributed by atoms with van der Waals surface area (Å²) in [6, 6.07) is 4.31. The quantitative estimate of drug-likeness (QED) is 0.0592.